The van der Waals surface area contributed by atoms with Gasteiger partial charge in [0, 0.05) is 40.8 Å². The molecular formula is C30H22N2O. The van der Waals surface area contributed by atoms with Gasteiger partial charge in [0.1, 0.15) is 11.2 Å². The zero-order chi connectivity index (χ0) is 21.8. The van der Waals surface area contributed by atoms with E-state index in [2.05, 4.69) is 119 Å². The molecule has 33 heavy (non-hydrogen) atoms. The van der Waals surface area contributed by atoms with Crippen molar-refractivity contribution in [2.24, 2.45) is 0 Å². The molecule has 1 atom stereocenters. The summed E-state index contributed by atoms with van der Waals surface area (Å²) in [6.07, 6.45) is 19.7. The van der Waals surface area contributed by atoms with Crippen LogP contribution in [0, 0.1) is 0 Å². The lowest BCUT2D eigenvalue weighted by Gasteiger charge is -2.36. The van der Waals surface area contributed by atoms with Crippen molar-refractivity contribution < 1.29 is 4.42 Å². The predicted octanol–water partition coefficient (Wildman–Crippen LogP) is 7.41. The van der Waals surface area contributed by atoms with Crippen LogP contribution in [0.15, 0.2) is 114 Å². The van der Waals surface area contributed by atoms with Gasteiger partial charge in [0.15, 0.2) is 0 Å². The first kappa shape index (κ1) is 18.3. The fourth-order valence-corrected chi connectivity index (χ4v) is 5.24. The maximum absolute atomic E-state index is 6.51. The molecular weight excluding hydrogens is 404 g/mol. The molecule has 3 heteroatoms. The third-order valence-corrected chi connectivity index (χ3v) is 6.76. The highest BCUT2D eigenvalue weighted by molar-refractivity contribution is 6.07. The molecule has 3 aliphatic rings. The monoisotopic (exact) mass is 426 g/mol. The molecule has 0 saturated heterocycles. The number of hydrogen-bond acceptors (Lipinski definition) is 3. The molecule has 0 radical (unpaired) electrons. The maximum Gasteiger partial charge on any atom is 0.141 e. The summed E-state index contributed by atoms with van der Waals surface area (Å²) in [5.41, 5.74) is 7.86. The molecule has 4 heterocycles. The Bertz CT molecular complexity index is 1560. The Balaban J connectivity index is 1.57. The van der Waals surface area contributed by atoms with E-state index in [1.807, 2.05) is 6.07 Å². The molecule has 0 N–H and O–H groups in total. The molecule has 1 unspecified atom stereocenters. The molecule has 0 amide bonds. The summed E-state index contributed by atoms with van der Waals surface area (Å²) >= 11 is 0. The Kier molecular flexibility index (Phi) is 3.97. The lowest BCUT2D eigenvalue weighted by Crippen LogP contribution is -2.27. The van der Waals surface area contributed by atoms with Gasteiger partial charge >= 0.3 is 0 Å². The highest BCUT2D eigenvalue weighted by Gasteiger charge is 2.28. The molecule has 7 rings (SSSR count). The van der Waals surface area contributed by atoms with E-state index in [-0.39, 0.29) is 6.04 Å². The Labute approximate surface area is 192 Å². The summed E-state index contributed by atoms with van der Waals surface area (Å²) < 4.78 is 6.51. The standard InChI is InChI=1S/C30H22N2O/c1-3-12-26-24(10-1)25-11-5-7-18-31(25)20-17-21-15-16-23-22-9-2-4-14-28(22)33-30(23)29(21)27-13-6-8-19-32(26)27/h1-17,19-20,27H,18H2/b20-17+. The molecule has 158 valence electrons. The summed E-state index contributed by atoms with van der Waals surface area (Å²) in [6.45, 7) is 0.845. The van der Waals surface area contributed by atoms with E-state index in [9.17, 15) is 0 Å². The van der Waals surface area contributed by atoms with E-state index in [0.29, 0.717) is 0 Å². The Hall–Kier alpha value is -4.24. The van der Waals surface area contributed by atoms with E-state index in [1.54, 1.807) is 0 Å². The second-order valence-corrected chi connectivity index (χ2v) is 8.59. The average Bonchev–Trinajstić information content (AvgIpc) is 3.26. The van der Waals surface area contributed by atoms with E-state index in [1.165, 1.54) is 28.1 Å². The van der Waals surface area contributed by atoms with Crippen molar-refractivity contribution in [2.45, 2.75) is 6.04 Å². The number of nitrogens with zero attached hydrogens (tertiary/aromatic N) is 2. The first-order valence-electron chi connectivity index (χ1n) is 11.4. The number of allylic oxidation sites excluding steroid dienone is 4. The minimum Gasteiger partial charge on any atom is -0.456 e. The Morgan fingerprint density at radius 3 is 2.73 bits per heavy atom. The highest BCUT2D eigenvalue weighted by Crippen LogP contribution is 2.43. The van der Waals surface area contributed by atoms with E-state index < -0.39 is 0 Å². The lowest BCUT2D eigenvalue weighted by atomic mass is 9.92. The molecule has 0 fully saturated rings. The first-order valence-corrected chi connectivity index (χ1v) is 11.4. The molecule has 0 saturated carbocycles. The quantitative estimate of drug-likeness (QED) is 0.292. The van der Waals surface area contributed by atoms with Gasteiger partial charge in [-0.05, 0) is 42.0 Å². The second-order valence-electron chi connectivity index (χ2n) is 8.59. The SMILES string of the molecule is C1=CCN2/C=C/c3ccc4c(oc5ccccc54)c3C3C=CC=CN3c3ccccc3C2=C1. The van der Waals surface area contributed by atoms with Crippen LogP contribution >= 0.6 is 0 Å². The van der Waals surface area contributed by atoms with Crippen LogP contribution in [0.3, 0.4) is 0 Å². The van der Waals surface area contributed by atoms with Crippen LogP contribution in [0.5, 0.6) is 0 Å². The molecule has 3 nitrogen and oxygen atoms in total. The highest BCUT2D eigenvalue weighted by atomic mass is 16.3. The van der Waals surface area contributed by atoms with Crippen LogP contribution in [0.25, 0.3) is 33.7 Å². The predicted molar refractivity (Wildman–Crippen MR) is 137 cm³/mol. The maximum atomic E-state index is 6.51. The Morgan fingerprint density at radius 2 is 1.73 bits per heavy atom. The van der Waals surface area contributed by atoms with E-state index in [0.717, 1.165) is 28.5 Å². The lowest BCUT2D eigenvalue weighted by molar-refractivity contribution is 0.590. The van der Waals surface area contributed by atoms with Gasteiger partial charge < -0.3 is 14.2 Å². The van der Waals surface area contributed by atoms with Crippen molar-refractivity contribution in [3.05, 3.63) is 126 Å². The third kappa shape index (κ3) is 2.76. The zero-order valence-electron chi connectivity index (χ0n) is 18.1. The number of furan rings is 1. The number of benzene rings is 3. The van der Waals surface area contributed by atoms with Gasteiger partial charge in [-0.25, -0.2) is 0 Å². The van der Waals surface area contributed by atoms with Gasteiger partial charge in [-0.2, -0.15) is 0 Å². The topological polar surface area (TPSA) is 19.6 Å². The summed E-state index contributed by atoms with van der Waals surface area (Å²) in [5.74, 6) is 0. The van der Waals surface area contributed by atoms with Crippen LogP contribution in [-0.2, 0) is 0 Å². The number of anilines is 1. The molecule has 0 spiro atoms. The zero-order valence-corrected chi connectivity index (χ0v) is 18.1. The summed E-state index contributed by atoms with van der Waals surface area (Å²) in [4.78, 5) is 4.69. The van der Waals surface area contributed by atoms with E-state index in [4.69, 9.17) is 4.42 Å². The number of fused-ring (bicyclic) bond motifs is 11. The number of rotatable bonds is 0. The normalized spacial score (nSPS) is 19.6. The fraction of sp³-hybridized carbons (Fsp3) is 0.0667. The van der Waals surface area contributed by atoms with E-state index >= 15 is 0 Å². The van der Waals surface area contributed by atoms with Crippen LogP contribution in [0.2, 0.25) is 0 Å². The van der Waals surface area contributed by atoms with Crippen molar-refractivity contribution in [2.75, 3.05) is 11.4 Å². The van der Waals surface area contributed by atoms with Crippen LogP contribution < -0.4 is 4.90 Å². The van der Waals surface area contributed by atoms with Gasteiger partial charge in [0.05, 0.1) is 17.4 Å². The number of hydrogen-bond donors (Lipinski definition) is 0. The summed E-state index contributed by atoms with van der Waals surface area (Å²) in [6, 6.07) is 21.4. The van der Waals surface area contributed by atoms with Crippen LogP contribution in [0.1, 0.15) is 22.7 Å². The molecule has 3 aromatic carbocycles. The number of para-hydroxylation sites is 2. The van der Waals surface area contributed by atoms with Crippen LogP contribution in [-0.4, -0.2) is 11.4 Å². The summed E-state index contributed by atoms with van der Waals surface area (Å²) in [5, 5.41) is 2.32. The molecule has 1 aromatic heterocycles. The Morgan fingerprint density at radius 1 is 0.818 bits per heavy atom. The largest absolute Gasteiger partial charge is 0.456 e. The van der Waals surface area contributed by atoms with Gasteiger partial charge in [0.25, 0.3) is 0 Å². The van der Waals surface area contributed by atoms with Crippen molar-refractivity contribution in [1.29, 1.82) is 0 Å². The van der Waals surface area contributed by atoms with Gasteiger partial charge in [-0.1, -0.05) is 66.8 Å². The second kappa shape index (κ2) is 7.14. The van der Waals surface area contributed by atoms with Gasteiger partial charge in [0.2, 0.25) is 0 Å². The molecule has 0 bridgehead atoms. The smallest absolute Gasteiger partial charge is 0.141 e. The van der Waals surface area contributed by atoms with Crippen molar-refractivity contribution in [3.8, 4) is 0 Å². The average molecular weight is 427 g/mol. The van der Waals surface area contributed by atoms with Crippen LogP contribution in [0.4, 0.5) is 5.69 Å². The van der Waals surface area contributed by atoms with Crippen molar-refractivity contribution in [1.82, 2.24) is 4.90 Å². The molecule has 4 aromatic rings. The van der Waals surface area contributed by atoms with Crippen molar-refractivity contribution >= 4 is 39.4 Å². The minimum absolute atomic E-state index is 0.0198. The fourth-order valence-electron chi connectivity index (χ4n) is 5.24. The summed E-state index contributed by atoms with van der Waals surface area (Å²) in [7, 11) is 0. The molecule has 3 aliphatic heterocycles. The third-order valence-electron chi connectivity index (χ3n) is 6.76. The minimum atomic E-state index is 0.0198. The van der Waals surface area contributed by atoms with Gasteiger partial charge in [-0.15, -0.1) is 0 Å². The van der Waals surface area contributed by atoms with Crippen molar-refractivity contribution in [3.63, 3.8) is 0 Å². The first-order chi connectivity index (χ1) is 16.4. The van der Waals surface area contributed by atoms with Gasteiger partial charge in [-0.3, -0.25) is 0 Å². The molecule has 0 aliphatic carbocycles.